The van der Waals surface area contributed by atoms with Crippen LogP contribution in [0.4, 0.5) is 11.4 Å². The Kier molecular flexibility index (Phi) is 36.1. The number of nitrogen functional groups attached to an aromatic ring is 1. The molecule has 0 unspecified atom stereocenters. The standard InChI is InChI=1S/C14H18BN3O2.C12H24B2O4.C11H14IN3Si.C8H6IN3.C6H4IN3.C6H6IN.C5H10Si.C4H9NO2.C3H9N3Si/c1-13(2)14(3,4)20-15(19-13)11-5-7-12(8-6-11)18-10-9-16-17-18;1-9(2)10(3,4)16-13(15-9)14-17-11(5,6)12(7,8)18-14;1-16(2,3)11-8-15(14-13-11)10-6-4-9(12)5-7-10;9-7-1-3-8(4-2-7)12-6-5-10-11-12;7-5-1-3-6(4-2-5)9-10-8;7-5-1-3-6(8)4-2-5;1-5-6(2,3)4;1-4(2,3)7-5-6;1-7(2,3)6-5-4/h5-10H,1-4H3;1-8H3;4-8H,1-3H3;1-6H;1-4H;1-4H,8H2;1H,2-4H3;2*1-3H3. The largest absolute Gasteiger partial charge is 0.494 e. The van der Waals surface area contributed by atoms with E-state index in [9.17, 15) is 4.91 Å². The Hall–Kier alpha value is -5.57. The van der Waals surface area contributed by atoms with Gasteiger partial charge in [-0.2, -0.15) is 0 Å². The van der Waals surface area contributed by atoms with Gasteiger partial charge >= 0.3 is 21.1 Å². The van der Waals surface area contributed by atoms with Crippen molar-refractivity contribution < 1.29 is 32.8 Å². The number of hydrogen-bond donors (Lipinski definition) is 1. The Labute approximate surface area is 673 Å². The van der Waals surface area contributed by atoms with Gasteiger partial charge in [-0.15, -0.1) is 36.9 Å². The van der Waals surface area contributed by atoms with E-state index < -0.39 is 44.0 Å². The van der Waals surface area contributed by atoms with Gasteiger partial charge in [-0.05, 0) is 313 Å². The average Bonchev–Trinajstić information content (AvgIpc) is 1.60. The number of benzene rings is 5. The topological polar surface area (TPSA) is 310 Å². The van der Waals surface area contributed by atoms with Crippen LogP contribution in [-0.4, -0.2) is 130 Å². The number of anilines is 1. The highest BCUT2D eigenvalue weighted by Gasteiger charge is 2.64. The van der Waals surface area contributed by atoms with Crippen LogP contribution in [0.2, 0.25) is 58.9 Å². The minimum atomic E-state index is -1.45. The van der Waals surface area contributed by atoms with Crippen LogP contribution in [0.3, 0.4) is 0 Å². The fourth-order valence-electron chi connectivity index (χ4n) is 7.64. The normalized spacial score (nSPS) is 15.9. The van der Waals surface area contributed by atoms with Crippen molar-refractivity contribution in [3.8, 4) is 29.0 Å². The number of terminal acetylenes is 1. The van der Waals surface area contributed by atoms with Crippen molar-refractivity contribution in [2.75, 3.05) is 5.73 Å². The molecule has 0 amide bonds. The van der Waals surface area contributed by atoms with Crippen molar-refractivity contribution in [1.82, 2.24) is 45.0 Å². The maximum absolute atomic E-state index is 9.35. The summed E-state index contributed by atoms with van der Waals surface area (Å²) in [4.78, 5) is 19.0. The zero-order chi connectivity index (χ0) is 78.9. The zero-order valence-corrected chi connectivity index (χ0v) is 75.9. The van der Waals surface area contributed by atoms with Gasteiger partial charge in [-0.25, -0.2) is 14.0 Å². The van der Waals surface area contributed by atoms with E-state index >= 15 is 0 Å². The predicted octanol–water partition coefficient (Wildman–Crippen LogP) is 18.3. The molecule has 8 aromatic rings. The fraction of sp³-hybridized carbons (Fsp3) is 0.449. The number of aromatic nitrogens is 9. The van der Waals surface area contributed by atoms with Gasteiger partial charge in [-0.1, -0.05) is 104 Å². The Morgan fingerprint density at radius 3 is 1.12 bits per heavy atom. The van der Waals surface area contributed by atoms with E-state index in [1.165, 1.54) is 10.7 Å². The van der Waals surface area contributed by atoms with Gasteiger partial charge in [0.1, 0.15) is 30.0 Å². The van der Waals surface area contributed by atoms with E-state index in [0.29, 0.717) is 5.69 Å². The van der Waals surface area contributed by atoms with E-state index in [2.05, 4.69) is 254 Å². The number of nitrogens with two attached hydrogens (primary N) is 1. The van der Waals surface area contributed by atoms with E-state index in [0.717, 1.165) is 37.1 Å². The fourth-order valence-corrected chi connectivity index (χ4v) is 10.2. The molecular weight excluding hydrogens is 1820 g/mol. The lowest BCUT2D eigenvalue weighted by Gasteiger charge is -2.32. The van der Waals surface area contributed by atoms with Gasteiger partial charge < -0.3 is 38.5 Å². The average molecular weight is 1920 g/mol. The first-order valence-electron chi connectivity index (χ1n) is 33.1. The molecule has 0 saturated carbocycles. The van der Waals surface area contributed by atoms with E-state index in [4.69, 9.17) is 51.1 Å². The second-order valence-corrected chi connectivity index (χ2v) is 50.0. The molecule has 0 atom stereocenters. The lowest BCUT2D eigenvalue weighted by Crippen LogP contribution is -2.41. The summed E-state index contributed by atoms with van der Waals surface area (Å²) < 4.78 is 49.6. The molecule has 0 bridgehead atoms. The van der Waals surface area contributed by atoms with Crippen molar-refractivity contribution in [3.63, 3.8) is 0 Å². The first-order chi connectivity index (χ1) is 47.9. The molecule has 0 aliphatic carbocycles. The maximum atomic E-state index is 9.35. The molecular formula is C69H100B3I4N17O8Si3. The molecule has 35 heteroatoms. The van der Waals surface area contributed by atoms with E-state index in [1.54, 1.807) is 54.7 Å². The third kappa shape index (κ3) is 32.5. The van der Waals surface area contributed by atoms with Crippen LogP contribution < -0.4 is 16.5 Å². The smallest absolute Gasteiger partial charge is 0.405 e. The van der Waals surface area contributed by atoms with Gasteiger partial charge in [0, 0.05) is 36.8 Å². The van der Waals surface area contributed by atoms with Crippen LogP contribution in [0.1, 0.15) is 104 Å². The molecule has 3 aliphatic heterocycles. The highest BCUT2D eigenvalue weighted by Crippen LogP contribution is 2.43. The highest BCUT2D eigenvalue weighted by atomic mass is 127. The summed E-state index contributed by atoms with van der Waals surface area (Å²) in [5, 5.41) is 30.6. The van der Waals surface area contributed by atoms with Crippen LogP contribution in [0.15, 0.2) is 168 Å². The second kappa shape index (κ2) is 40.6. The second-order valence-electron chi connectivity index (χ2n) is 30.6. The van der Waals surface area contributed by atoms with Crippen LogP contribution in [-0.2, 0) is 32.8 Å². The minimum Gasteiger partial charge on any atom is -0.405 e. The predicted molar refractivity (Wildman–Crippen MR) is 463 cm³/mol. The molecule has 3 fully saturated rings. The summed E-state index contributed by atoms with van der Waals surface area (Å²) in [7, 11) is -5.19. The highest BCUT2D eigenvalue weighted by molar-refractivity contribution is 14.1. The van der Waals surface area contributed by atoms with Gasteiger partial charge in [0.05, 0.1) is 80.8 Å². The van der Waals surface area contributed by atoms with Crippen LogP contribution in [0.5, 0.6) is 0 Å². The Balaban J connectivity index is 0.000000313. The lowest BCUT2D eigenvalue weighted by molar-refractivity contribution is -0.00230. The lowest BCUT2D eigenvalue weighted by atomic mass is 9.49. The molecule has 0 spiro atoms. The van der Waals surface area contributed by atoms with Crippen molar-refractivity contribution in [1.29, 1.82) is 0 Å². The van der Waals surface area contributed by atoms with Gasteiger partial charge in [0.2, 0.25) is 0 Å². The van der Waals surface area contributed by atoms with Crippen molar-refractivity contribution in [2.45, 2.75) is 202 Å². The third-order valence-electron chi connectivity index (χ3n) is 15.7. The number of halogens is 4. The summed E-state index contributed by atoms with van der Waals surface area (Å²) in [6.45, 7) is 48.9. The molecule has 3 aromatic heterocycles. The number of hydrogen-bond acceptors (Lipinski definition) is 18. The Bertz CT molecular complexity index is 3930. The number of nitrogens with zero attached hydrogens (tertiary/aromatic N) is 16. The molecule has 104 heavy (non-hydrogen) atoms. The van der Waals surface area contributed by atoms with Crippen LogP contribution >= 0.6 is 90.4 Å². The van der Waals surface area contributed by atoms with Gasteiger partial charge in [0.25, 0.3) is 0 Å². The van der Waals surface area contributed by atoms with Crippen molar-refractivity contribution in [3.05, 3.63) is 192 Å². The van der Waals surface area contributed by atoms with Gasteiger partial charge in [-0.3, -0.25) is 0 Å². The SMILES string of the molecule is C#C[Si](C)(C)C.CC(C)(C)ON=O.CC1(C)OB(B2OC(C)(C)C(C)(C)O2)OC1(C)C.CC1(C)OB(c2ccc(-n3ccnn3)cc2)OC1(C)C.C[Si](C)(C)N=[N+]=[N-].C[Si](C)(C)c1cn(-c2ccc(I)cc2)nn1.Ic1ccc(-n2ccnn2)cc1.Nc1ccc(I)cc1.[N-]=[N+]=Nc1ccc(I)cc1. The molecule has 558 valence electrons. The summed E-state index contributed by atoms with van der Waals surface area (Å²) in [5.41, 5.74) is 27.2. The molecule has 25 nitrogen and oxygen atoms in total. The molecule has 6 heterocycles. The van der Waals surface area contributed by atoms with Crippen molar-refractivity contribution >= 4 is 158 Å². The van der Waals surface area contributed by atoms with E-state index in [-0.39, 0.29) is 40.7 Å². The minimum absolute atomic E-state index is 0.317. The zero-order valence-electron chi connectivity index (χ0n) is 64.3. The van der Waals surface area contributed by atoms with E-state index in [1.807, 2.05) is 177 Å². The molecule has 3 saturated heterocycles. The molecule has 5 aromatic carbocycles. The van der Waals surface area contributed by atoms with Gasteiger partial charge in [0.15, 0.2) is 5.34 Å². The molecule has 3 aliphatic rings. The summed E-state index contributed by atoms with van der Waals surface area (Å²) in [6, 6.07) is 39.4. The molecule has 11 rings (SSSR count). The summed E-state index contributed by atoms with van der Waals surface area (Å²) >= 11 is 9.00. The Morgan fingerprint density at radius 2 is 0.865 bits per heavy atom. The number of rotatable bonds is 9. The number of azide groups is 2. The molecule has 0 radical (unpaired) electrons. The van der Waals surface area contributed by atoms with Crippen LogP contribution in [0.25, 0.3) is 37.9 Å². The summed E-state index contributed by atoms with van der Waals surface area (Å²) in [6.07, 6.45) is 14.1. The Morgan fingerprint density at radius 1 is 0.529 bits per heavy atom. The quantitative estimate of drug-likeness (QED) is 0.0162. The van der Waals surface area contributed by atoms with Crippen molar-refractivity contribution in [2.24, 2.45) is 15.2 Å². The monoisotopic (exact) mass is 1920 g/mol. The van der Waals surface area contributed by atoms with Crippen LogP contribution in [0, 0.1) is 31.2 Å². The third-order valence-corrected chi connectivity index (χ3v) is 21.9. The maximum Gasteiger partial charge on any atom is 0.494 e. The first-order valence-corrected chi connectivity index (χ1v) is 47.9. The molecule has 2 N–H and O–H groups in total. The summed E-state index contributed by atoms with van der Waals surface area (Å²) in [5.74, 6) is 0. The first kappa shape index (κ1) is 92.6.